The highest BCUT2D eigenvalue weighted by molar-refractivity contribution is 4.96. The lowest BCUT2D eigenvalue weighted by molar-refractivity contribution is -0.206. The summed E-state index contributed by atoms with van der Waals surface area (Å²) in [5, 5.41) is 10.2. The van der Waals surface area contributed by atoms with E-state index >= 15 is 0 Å². The van der Waals surface area contributed by atoms with Crippen LogP contribution in [0.5, 0.6) is 0 Å². The van der Waals surface area contributed by atoms with Gasteiger partial charge in [-0.3, -0.25) is 0 Å². The summed E-state index contributed by atoms with van der Waals surface area (Å²) in [5.74, 6) is -1.46. The van der Waals surface area contributed by atoms with E-state index in [0.29, 0.717) is 18.7 Å². The lowest BCUT2D eigenvalue weighted by Crippen LogP contribution is -2.40. The number of nitrogens with zero attached hydrogens (tertiary/aromatic N) is 2. The smallest absolute Gasteiger partial charge is 0.392 e. The molecule has 1 aromatic heterocycles. The van der Waals surface area contributed by atoms with Crippen LogP contribution >= 0.6 is 0 Å². The maximum atomic E-state index is 13.0. The summed E-state index contributed by atoms with van der Waals surface area (Å²) in [6.45, 7) is 0. The Morgan fingerprint density at radius 3 is 2.68 bits per heavy atom. The Balaban J connectivity index is 2.07. The molecule has 19 heavy (non-hydrogen) atoms. The van der Waals surface area contributed by atoms with Crippen LogP contribution in [-0.4, -0.2) is 26.9 Å². The van der Waals surface area contributed by atoms with Crippen molar-refractivity contribution in [2.24, 2.45) is 18.9 Å². The zero-order valence-electron chi connectivity index (χ0n) is 10.9. The van der Waals surface area contributed by atoms with Crippen LogP contribution in [0.2, 0.25) is 0 Å². The second kappa shape index (κ2) is 5.53. The molecule has 3 nitrogen and oxygen atoms in total. The van der Waals surface area contributed by atoms with Crippen molar-refractivity contribution in [2.75, 3.05) is 0 Å². The van der Waals surface area contributed by atoms with Crippen molar-refractivity contribution in [1.82, 2.24) is 9.55 Å². The molecule has 0 aliphatic heterocycles. The molecule has 1 saturated carbocycles. The van der Waals surface area contributed by atoms with Crippen molar-refractivity contribution in [3.8, 4) is 0 Å². The molecule has 0 saturated heterocycles. The fourth-order valence-electron chi connectivity index (χ4n) is 2.96. The predicted molar refractivity (Wildman–Crippen MR) is 64.4 cm³/mol. The molecular weight excluding hydrogens is 257 g/mol. The minimum absolute atomic E-state index is 0.131. The molecule has 3 atom stereocenters. The zero-order valence-corrected chi connectivity index (χ0v) is 10.9. The predicted octanol–water partition coefficient (Wildman–Crippen LogP) is 2.69. The maximum absolute atomic E-state index is 13.0. The summed E-state index contributed by atoms with van der Waals surface area (Å²) in [5.41, 5.74) is 0. The minimum Gasteiger partial charge on any atom is -0.392 e. The van der Waals surface area contributed by atoms with Crippen LogP contribution in [0.3, 0.4) is 0 Å². The monoisotopic (exact) mass is 276 g/mol. The number of aliphatic hydroxyl groups is 1. The van der Waals surface area contributed by atoms with Crippen molar-refractivity contribution in [3.63, 3.8) is 0 Å². The van der Waals surface area contributed by atoms with Crippen molar-refractivity contribution in [3.05, 3.63) is 18.2 Å². The van der Waals surface area contributed by atoms with Gasteiger partial charge >= 0.3 is 6.18 Å². The SMILES string of the molecule is Cn1ccnc1CC(O)C1CCCCC1C(F)(F)F. The Labute approximate surface area is 110 Å². The summed E-state index contributed by atoms with van der Waals surface area (Å²) < 4.78 is 40.7. The summed E-state index contributed by atoms with van der Waals surface area (Å²) in [6.07, 6.45) is 0.225. The second-order valence-corrected chi connectivity index (χ2v) is 5.32. The second-order valence-electron chi connectivity index (χ2n) is 5.32. The van der Waals surface area contributed by atoms with Crippen LogP contribution in [0.25, 0.3) is 0 Å². The van der Waals surface area contributed by atoms with Gasteiger partial charge in [-0.2, -0.15) is 13.2 Å². The highest BCUT2D eigenvalue weighted by atomic mass is 19.4. The third-order valence-corrected chi connectivity index (χ3v) is 4.05. The van der Waals surface area contributed by atoms with Crippen LogP contribution in [-0.2, 0) is 13.5 Å². The highest BCUT2D eigenvalue weighted by Gasteiger charge is 2.47. The molecule has 1 N–H and O–H groups in total. The highest BCUT2D eigenvalue weighted by Crippen LogP contribution is 2.43. The van der Waals surface area contributed by atoms with Gasteiger partial charge in [-0.15, -0.1) is 0 Å². The van der Waals surface area contributed by atoms with Gasteiger partial charge in [0.2, 0.25) is 0 Å². The van der Waals surface area contributed by atoms with Gasteiger partial charge < -0.3 is 9.67 Å². The summed E-state index contributed by atoms with van der Waals surface area (Å²) in [4.78, 5) is 4.06. The zero-order chi connectivity index (χ0) is 14.0. The number of imidazole rings is 1. The van der Waals surface area contributed by atoms with Gasteiger partial charge in [0.25, 0.3) is 0 Å². The topological polar surface area (TPSA) is 38.0 Å². The maximum Gasteiger partial charge on any atom is 0.392 e. The molecule has 1 heterocycles. The standard InChI is InChI=1S/C13H19F3N2O/c1-18-7-6-17-12(18)8-11(19)9-4-2-3-5-10(9)13(14,15)16/h6-7,9-11,19H,2-5,8H2,1H3. The van der Waals surface area contributed by atoms with Gasteiger partial charge in [-0.1, -0.05) is 12.8 Å². The molecule has 2 rings (SSSR count). The van der Waals surface area contributed by atoms with Gasteiger partial charge in [0.15, 0.2) is 0 Å². The molecule has 108 valence electrons. The largest absolute Gasteiger partial charge is 0.392 e. The number of aliphatic hydroxyl groups excluding tert-OH is 1. The first kappa shape index (κ1) is 14.4. The number of aryl methyl sites for hydroxylation is 1. The average Bonchev–Trinajstić information content (AvgIpc) is 2.74. The third kappa shape index (κ3) is 3.29. The Bertz CT molecular complexity index is 416. The molecule has 0 aromatic carbocycles. The van der Waals surface area contributed by atoms with E-state index in [1.54, 1.807) is 24.0 Å². The molecular formula is C13H19F3N2O. The molecule has 0 spiro atoms. The molecule has 1 aliphatic rings. The Hall–Kier alpha value is -1.04. The van der Waals surface area contributed by atoms with Crippen molar-refractivity contribution in [2.45, 2.75) is 44.4 Å². The fraction of sp³-hybridized carbons (Fsp3) is 0.769. The van der Waals surface area contributed by atoms with E-state index in [2.05, 4.69) is 4.98 Å². The first-order valence-corrected chi connectivity index (χ1v) is 6.60. The average molecular weight is 276 g/mol. The van der Waals surface area contributed by atoms with Crippen molar-refractivity contribution < 1.29 is 18.3 Å². The van der Waals surface area contributed by atoms with Crippen molar-refractivity contribution in [1.29, 1.82) is 0 Å². The van der Waals surface area contributed by atoms with Gasteiger partial charge in [-0.25, -0.2) is 4.98 Å². The normalized spacial score (nSPS) is 26.4. The molecule has 1 fully saturated rings. The third-order valence-electron chi connectivity index (χ3n) is 4.05. The molecule has 1 aromatic rings. The van der Waals surface area contributed by atoms with Crippen LogP contribution in [0.1, 0.15) is 31.5 Å². The quantitative estimate of drug-likeness (QED) is 0.921. The van der Waals surface area contributed by atoms with E-state index in [9.17, 15) is 18.3 Å². The Kier molecular flexibility index (Phi) is 4.18. The number of alkyl halides is 3. The number of halogens is 3. The molecule has 6 heteroatoms. The number of hydrogen-bond donors (Lipinski definition) is 1. The van der Waals surface area contributed by atoms with Gasteiger partial charge in [0.1, 0.15) is 5.82 Å². The van der Waals surface area contributed by atoms with E-state index in [0.717, 1.165) is 6.42 Å². The molecule has 0 bridgehead atoms. The van der Waals surface area contributed by atoms with Crippen LogP contribution < -0.4 is 0 Å². The number of hydrogen-bond acceptors (Lipinski definition) is 2. The minimum atomic E-state index is -4.21. The van der Waals surface area contributed by atoms with E-state index in [1.807, 2.05) is 0 Å². The van der Waals surface area contributed by atoms with Gasteiger partial charge in [-0.05, 0) is 18.8 Å². The molecule has 0 radical (unpaired) electrons. The Morgan fingerprint density at radius 1 is 1.42 bits per heavy atom. The summed E-state index contributed by atoms with van der Waals surface area (Å²) >= 11 is 0. The van der Waals surface area contributed by atoms with E-state index in [4.69, 9.17) is 0 Å². The Morgan fingerprint density at radius 2 is 2.11 bits per heavy atom. The van der Waals surface area contributed by atoms with E-state index < -0.39 is 24.1 Å². The number of aromatic nitrogens is 2. The lowest BCUT2D eigenvalue weighted by Gasteiger charge is -2.35. The van der Waals surface area contributed by atoms with E-state index in [1.165, 1.54) is 0 Å². The summed E-state index contributed by atoms with van der Waals surface area (Å²) in [7, 11) is 1.77. The van der Waals surface area contributed by atoms with Crippen LogP contribution in [0.4, 0.5) is 13.2 Å². The molecule has 3 unspecified atom stereocenters. The first-order chi connectivity index (χ1) is 8.89. The lowest BCUT2D eigenvalue weighted by atomic mass is 9.75. The van der Waals surface area contributed by atoms with Crippen molar-refractivity contribution >= 4 is 0 Å². The summed E-state index contributed by atoms with van der Waals surface area (Å²) in [6, 6.07) is 0. The van der Waals surface area contributed by atoms with Crippen LogP contribution in [0.15, 0.2) is 12.4 Å². The number of rotatable bonds is 3. The first-order valence-electron chi connectivity index (χ1n) is 6.60. The van der Waals surface area contributed by atoms with Gasteiger partial charge in [0, 0.05) is 25.9 Å². The molecule has 1 aliphatic carbocycles. The van der Waals surface area contributed by atoms with Crippen LogP contribution in [0, 0.1) is 11.8 Å². The van der Waals surface area contributed by atoms with E-state index in [-0.39, 0.29) is 12.8 Å². The van der Waals surface area contributed by atoms with Gasteiger partial charge in [0.05, 0.1) is 12.0 Å². The molecule has 0 amide bonds. The fourth-order valence-corrected chi connectivity index (χ4v) is 2.96.